The Hall–Kier alpha value is -2.99. The molecule has 0 N–H and O–H groups in total. The molecule has 0 bridgehead atoms. The summed E-state index contributed by atoms with van der Waals surface area (Å²) in [6.45, 7) is 0. The van der Waals surface area contributed by atoms with Crippen LogP contribution in [0, 0.1) is 11.9 Å². The minimum atomic E-state index is -0.502. The van der Waals surface area contributed by atoms with Gasteiger partial charge in [0.05, 0.1) is 10.6 Å². The van der Waals surface area contributed by atoms with Gasteiger partial charge in [0.1, 0.15) is 0 Å². The first-order chi connectivity index (χ1) is 13.7. The van der Waals surface area contributed by atoms with Gasteiger partial charge in [-0.2, -0.15) is 8.78 Å². The zero-order valence-electron chi connectivity index (χ0n) is 14.8. The van der Waals surface area contributed by atoms with Crippen LogP contribution >= 0.6 is 11.3 Å². The molecule has 1 aliphatic rings. The Kier molecular flexibility index (Phi) is 4.02. The third kappa shape index (κ3) is 2.72. The van der Waals surface area contributed by atoms with Crippen molar-refractivity contribution in [3.05, 3.63) is 101 Å². The van der Waals surface area contributed by atoms with Crippen molar-refractivity contribution in [2.45, 2.75) is 18.3 Å². The van der Waals surface area contributed by atoms with E-state index in [9.17, 15) is 8.78 Å². The van der Waals surface area contributed by atoms with E-state index >= 15 is 0 Å². The number of nitrogens with zero attached hydrogens (tertiary/aromatic N) is 3. The van der Waals surface area contributed by atoms with Crippen LogP contribution in [-0.4, -0.2) is 15.0 Å². The minimum absolute atomic E-state index is 0.458. The fourth-order valence-electron chi connectivity index (χ4n) is 4.23. The van der Waals surface area contributed by atoms with Gasteiger partial charge < -0.3 is 0 Å². The van der Waals surface area contributed by atoms with E-state index in [2.05, 4.69) is 32.5 Å². The van der Waals surface area contributed by atoms with E-state index < -0.39 is 17.3 Å². The molecule has 0 saturated carbocycles. The Labute approximate surface area is 164 Å². The number of fused-ring (bicyclic) bond motifs is 3. The monoisotopic (exact) mass is 391 g/mol. The molecule has 0 amide bonds. The molecule has 0 aromatic carbocycles. The molecule has 5 rings (SSSR count). The first kappa shape index (κ1) is 17.1. The molecule has 4 heterocycles. The predicted molar refractivity (Wildman–Crippen MR) is 104 cm³/mol. The Morgan fingerprint density at radius 3 is 2.11 bits per heavy atom. The second-order valence-corrected chi connectivity index (χ2v) is 7.89. The number of thiophene rings is 1. The average Bonchev–Trinajstić information content (AvgIpc) is 3.25. The maximum absolute atomic E-state index is 13.8. The lowest BCUT2D eigenvalue weighted by Crippen LogP contribution is -2.31. The molecule has 0 atom stereocenters. The summed E-state index contributed by atoms with van der Waals surface area (Å²) in [6, 6.07) is 12.7. The van der Waals surface area contributed by atoms with E-state index in [1.54, 1.807) is 17.5 Å². The molecule has 28 heavy (non-hydrogen) atoms. The van der Waals surface area contributed by atoms with Gasteiger partial charge in [0.2, 0.25) is 11.9 Å². The zero-order valence-corrected chi connectivity index (χ0v) is 15.6. The van der Waals surface area contributed by atoms with Crippen molar-refractivity contribution in [1.29, 1.82) is 0 Å². The quantitative estimate of drug-likeness (QED) is 0.462. The molecule has 0 unspecified atom stereocenters. The van der Waals surface area contributed by atoms with Crippen LogP contribution in [0.4, 0.5) is 8.78 Å². The largest absolute Gasteiger partial charge is 0.255 e. The SMILES string of the molecule is Fc1cc(CC2(Cc3ccnc(F)c3)c3cccnc3-c3sccc32)ccn1. The Bertz CT molecular complexity index is 1120. The van der Waals surface area contributed by atoms with Gasteiger partial charge in [-0.15, -0.1) is 11.3 Å². The van der Waals surface area contributed by atoms with Crippen LogP contribution in [0.2, 0.25) is 0 Å². The average molecular weight is 391 g/mol. The summed E-state index contributed by atoms with van der Waals surface area (Å²) >= 11 is 1.65. The number of rotatable bonds is 4. The lowest BCUT2D eigenvalue weighted by atomic mass is 9.70. The van der Waals surface area contributed by atoms with Crippen LogP contribution in [0.1, 0.15) is 22.3 Å². The second-order valence-electron chi connectivity index (χ2n) is 6.97. The third-order valence-electron chi connectivity index (χ3n) is 5.31. The highest BCUT2D eigenvalue weighted by Crippen LogP contribution is 2.53. The van der Waals surface area contributed by atoms with E-state index in [-0.39, 0.29) is 0 Å². The van der Waals surface area contributed by atoms with Crippen molar-refractivity contribution in [3.8, 4) is 10.6 Å². The second kappa shape index (κ2) is 6.56. The van der Waals surface area contributed by atoms with E-state index in [4.69, 9.17) is 0 Å². The summed E-state index contributed by atoms with van der Waals surface area (Å²) < 4.78 is 27.6. The van der Waals surface area contributed by atoms with E-state index in [0.717, 1.165) is 32.8 Å². The molecule has 138 valence electrons. The molecule has 3 nitrogen and oxygen atoms in total. The van der Waals surface area contributed by atoms with Gasteiger partial charge in [0, 0.05) is 24.0 Å². The van der Waals surface area contributed by atoms with Gasteiger partial charge in [0.25, 0.3) is 0 Å². The summed E-state index contributed by atoms with van der Waals surface area (Å²) in [7, 11) is 0. The lowest BCUT2D eigenvalue weighted by Gasteiger charge is -2.32. The van der Waals surface area contributed by atoms with Crippen molar-refractivity contribution in [2.24, 2.45) is 0 Å². The number of hydrogen-bond acceptors (Lipinski definition) is 4. The fourth-order valence-corrected chi connectivity index (χ4v) is 5.24. The van der Waals surface area contributed by atoms with Crippen LogP contribution in [0.25, 0.3) is 10.6 Å². The summed E-state index contributed by atoms with van der Waals surface area (Å²) in [5.74, 6) is -1.00. The van der Waals surface area contributed by atoms with Gasteiger partial charge in [0.15, 0.2) is 0 Å². The Morgan fingerprint density at radius 1 is 0.786 bits per heavy atom. The maximum Gasteiger partial charge on any atom is 0.213 e. The van der Waals surface area contributed by atoms with Gasteiger partial charge in [-0.05, 0) is 76.9 Å². The van der Waals surface area contributed by atoms with Crippen molar-refractivity contribution >= 4 is 11.3 Å². The van der Waals surface area contributed by atoms with Gasteiger partial charge in [-0.25, -0.2) is 9.97 Å². The van der Waals surface area contributed by atoms with E-state index in [1.807, 2.05) is 18.2 Å². The Morgan fingerprint density at radius 2 is 1.46 bits per heavy atom. The van der Waals surface area contributed by atoms with Crippen molar-refractivity contribution in [1.82, 2.24) is 15.0 Å². The maximum atomic E-state index is 13.8. The van der Waals surface area contributed by atoms with Gasteiger partial charge >= 0.3 is 0 Å². The first-order valence-corrected chi connectivity index (χ1v) is 9.78. The van der Waals surface area contributed by atoms with Crippen LogP contribution < -0.4 is 0 Å². The fraction of sp³-hybridized carbons (Fsp3) is 0.136. The highest BCUT2D eigenvalue weighted by Gasteiger charge is 2.45. The molecule has 0 aliphatic heterocycles. The summed E-state index contributed by atoms with van der Waals surface area (Å²) in [5, 5.41) is 2.05. The lowest BCUT2D eigenvalue weighted by molar-refractivity contribution is 0.509. The molecular weight excluding hydrogens is 376 g/mol. The normalized spacial score (nSPS) is 13.9. The smallest absolute Gasteiger partial charge is 0.213 e. The highest BCUT2D eigenvalue weighted by atomic mass is 32.1. The van der Waals surface area contributed by atoms with Crippen LogP contribution in [0.5, 0.6) is 0 Å². The molecule has 4 aromatic rings. The Balaban J connectivity index is 1.72. The molecular formula is C22H15F2N3S. The minimum Gasteiger partial charge on any atom is -0.255 e. The number of hydrogen-bond donors (Lipinski definition) is 0. The summed E-state index contributed by atoms with van der Waals surface area (Å²) in [4.78, 5) is 13.1. The van der Waals surface area contributed by atoms with Gasteiger partial charge in [-0.3, -0.25) is 4.98 Å². The highest BCUT2D eigenvalue weighted by molar-refractivity contribution is 7.13. The first-order valence-electron chi connectivity index (χ1n) is 8.90. The van der Waals surface area contributed by atoms with E-state index in [1.165, 1.54) is 24.5 Å². The van der Waals surface area contributed by atoms with Crippen LogP contribution in [0.3, 0.4) is 0 Å². The van der Waals surface area contributed by atoms with Crippen molar-refractivity contribution < 1.29 is 8.78 Å². The number of aromatic nitrogens is 3. The number of halogens is 2. The number of pyridine rings is 3. The third-order valence-corrected chi connectivity index (χ3v) is 6.23. The molecule has 0 saturated heterocycles. The summed E-state index contributed by atoms with van der Waals surface area (Å²) in [6.07, 6.45) is 5.89. The zero-order chi connectivity index (χ0) is 19.1. The molecule has 0 fully saturated rings. The predicted octanol–water partition coefficient (Wildman–Crippen LogP) is 4.96. The molecule has 0 spiro atoms. The molecule has 4 aromatic heterocycles. The van der Waals surface area contributed by atoms with Crippen LogP contribution in [-0.2, 0) is 18.3 Å². The van der Waals surface area contributed by atoms with Crippen LogP contribution in [0.15, 0.2) is 66.4 Å². The molecule has 1 aliphatic carbocycles. The van der Waals surface area contributed by atoms with E-state index in [0.29, 0.717) is 12.8 Å². The van der Waals surface area contributed by atoms with Crippen molar-refractivity contribution in [2.75, 3.05) is 0 Å². The standard InChI is InChI=1S/C22H15F2N3S/c23-18-10-14(3-7-25-18)12-22(13-15-4-8-26-19(24)11-15)16-2-1-6-27-20(16)21-17(22)5-9-28-21/h1-11H,12-13H2. The summed E-state index contributed by atoms with van der Waals surface area (Å²) in [5.41, 5.74) is 4.43. The topological polar surface area (TPSA) is 38.7 Å². The van der Waals surface area contributed by atoms with Gasteiger partial charge in [-0.1, -0.05) is 6.07 Å². The molecule has 6 heteroatoms. The molecule has 0 radical (unpaired) electrons. The van der Waals surface area contributed by atoms with Crippen molar-refractivity contribution in [3.63, 3.8) is 0 Å².